The van der Waals surface area contributed by atoms with Gasteiger partial charge < -0.3 is 4.90 Å². The average Bonchev–Trinajstić information content (AvgIpc) is 2.38. The molecule has 1 aromatic carbocycles. The Morgan fingerprint density at radius 3 is 2.76 bits per heavy atom. The first-order valence-electron chi connectivity index (χ1n) is 6.83. The van der Waals surface area contributed by atoms with Crippen molar-refractivity contribution in [1.29, 1.82) is 0 Å². The second-order valence-corrected chi connectivity index (χ2v) is 7.75. The van der Waals surface area contributed by atoms with Gasteiger partial charge in [0, 0.05) is 18.1 Å². The third kappa shape index (κ3) is 4.35. The Balaban J connectivity index is 2.32. The van der Waals surface area contributed by atoms with Crippen molar-refractivity contribution in [2.75, 3.05) is 24.1 Å². The molecule has 2 rings (SSSR count). The summed E-state index contributed by atoms with van der Waals surface area (Å²) in [4.78, 5) is 14.4. The quantitative estimate of drug-likeness (QED) is 0.926. The van der Waals surface area contributed by atoms with E-state index >= 15 is 0 Å². The highest BCUT2D eigenvalue weighted by Gasteiger charge is 2.24. The van der Waals surface area contributed by atoms with Crippen molar-refractivity contribution in [2.45, 2.75) is 19.8 Å². The first-order chi connectivity index (χ1) is 9.76. The van der Waals surface area contributed by atoms with Crippen molar-refractivity contribution < 1.29 is 13.2 Å². The van der Waals surface area contributed by atoms with E-state index in [9.17, 15) is 13.2 Å². The SMILES string of the molecule is C[C@@H]1CCCN(C(=O)c2cc(Cl)ccc2NS(C)(=O)=O)C1. The van der Waals surface area contributed by atoms with Crippen LogP contribution in [0.2, 0.25) is 5.02 Å². The van der Waals surface area contributed by atoms with Crippen molar-refractivity contribution >= 4 is 33.2 Å². The normalized spacial score (nSPS) is 19.4. The van der Waals surface area contributed by atoms with Gasteiger partial charge in [0.1, 0.15) is 0 Å². The molecule has 1 aromatic rings. The van der Waals surface area contributed by atoms with Gasteiger partial charge in [-0.15, -0.1) is 0 Å². The summed E-state index contributed by atoms with van der Waals surface area (Å²) >= 11 is 5.95. The molecule has 1 atom stereocenters. The number of carbonyl (C=O) groups excluding carboxylic acids is 1. The van der Waals surface area contributed by atoms with Crippen LogP contribution in [0.1, 0.15) is 30.1 Å². The Bertz CT molecular complexity index is 646. The number of halogens is 1. The highest BCUT2D eigenvalue weighted by molar-refractivity contribution is 7.92. The molecule has 1 amide bonds. The molecule has 1 fully saturated rings. The van der Waals surface area contributed by atoms with Gasteiger partial charge in [-0.25, -0.2) is 8.42 Å². The van der Waals surface area contributed by atoms with Crippen LogP contribution >= 0.6 is 11.6 Å². The third-order valence-corrected chi connectivity index (χ3v) is 4.28. The van der Waals surface area contributed by atoms with E-state index < -0.39 is 10.0 Å². The minimum atomic E-state index is -3.45. The third-order valence-electron chi connectivity index (χ3n) is 3.45. The molecular formula is C14H19ClN2O3S. The minimum Gasteiger partial charge on any atom is -0.338 e. The van der Waals surface area contributed by atoms with Crippen LogP contribution in [0.3, 0.4) is 0 Å². The zero-order valence-corrected chi connectivity index (χ0v) is 13.7. The maximum atomic E-state index is 12.6. The molecule has 7 heteroatoms. The highest BCUT2D eigenvalue weighted by Crippen LogP contribution is 2.25. The first kappa shape index (κ1) is 16.1. The summed E-state index contributed by atoms with van der Waals surface area (Å²) in [6.45, 7) is 3.48. The fraction of sp³-hybridized carbons (Fsp3) is 0.500. The molecule has 1 aliphatic rings. The molecular weight excluding hydrogens is 312 g/mol. The van der Waals surface area contributed by atoms with Crippen LogP contribution in [0, 0.1) is 5.92 Å². The number of hydrogen-bond donors (Lipinski definition) is 1. The Labute approximate surface area is 130 Å². The molecule has 0 aliphatic carbocycles. The van der Waals surface area contributed by atoms with Crippen molar-refractivity contribution in [3.05, 3.63) is 28.8 Å². The minimum absolute atomic E-state index is 0.185. The number of likely N-dealkylation sites (tertiary alicyclic amines) is 1. The monoisotopic (exact) mass is 330 g/mol. The van der Waals surface area contributed by atoms with E-state index in [0.29, 0.717) is 29.6 Å². The number of anilines is 1. The molecule has 5 nitrogen and oxygen atoms in total. The van der Waals surface area contributed by atoms with Gasteiger partial charge in [-0.1, -0.05) is 18.5 Å². The summed E-state index contributed by atoms with van der Waals surface area (Å²) < 4.78 is 25.2. The fourth-order valence-corrected chi connectivity index (χ4v) is 3.28. The molecule has 1 aliphatic heterocycles. The van der Waals surface area contributed by atoms with Gasteiger partial charge in [-0.3, -0.25) is 9.52 Å². The first-order valence-corrected chi connectivity index (χ1v) is 9.10. The number of nitrogens with zero attached hydrogens (tertiary/aromatic N) is 1. The fourth-order valence-electron chi connectivity index (χ4n) is 2.53. The highest BCUT2D eigenvalue weighted by atomic mass is 35.5. The lowest BCUT2D eigenvalue weighted by Gasteiger charge is -2.31. The number of nitrogens with one attached hydrogen (secondary N) is 1. The second kappa shape index (κ2) is 6.23. The van der Waals surface area contributed by atoms with Gasteiger partial charge in [0.25, 0.3) is 5.91 Å². The number of carbonyl (C=O) groups is 1. The van der Waals surface area contributed by atoms with Crippen LogP contribution in [0.5, 0.6) is 0 Å². The van der Waals surface area contributed by atoms with E-state index in [2.05, 4.69) is 11.6 Å². The summed E-state index contributed by atoms with van der Waals surface area (Å²) in [7, 11) is -3.45. The molecule has 1 N–H and O–H groups in total. The van der Waals surface area contributed by atoms with E-state index in [-0.39, 0.29) is 11.6 Å². The van der Waals surface area contributed by atoms with Gasteiger partial charge in [0.2, 0.25) is 10.0 Å². The predicted octanol–water partition coefficient (Wildman–Crippen LogP) is 2.58. The average molecular weight is 331 g/mol. The summed E-state index contributed by atoms with van der Waals surface area (Å²) in [6.07, 6.45) is 3.12. The van der Waals surface area contributed by atoms with Crippen molar-refractivity contribution in [1.82, 2.24) is 4.90 Å². The molecule has 0 spiro atoms. The van der Waals surface area contributed by atoms with E-state index in [1.165, 1.54) is 12.1 Å². The Morgan fingerprint density at radius 2 is 2.14 bits per heavy atom. The number of amides is 1. The number of sulfonamides is 1. The molecule has 21 heavy (non-hydrogen) atoms. The summed E-state index contributed by atoms with van der Waals surface area (Å²) in [5.41, 5.74) is 0.562. The zero-order valence-electron chi connectivity index (χ0n) is 12.1. The number of piperidine rings is 1. The van der Waals surface area contributed by atoms with Gasteiger partial charge >= 0.3 is 0 Å². The van der Waals surface area contributed by atoms with Gasteiger partial charge in [-0.05, 0) is 37.0 Å². The summed E-state index contributed by atoms with van der Waals surface area (Å²) in [6, 6.07) is 4.59. The van der Waals surface area contributed by atoms with Crippen LogP contribution in [0.15, 0.2) is 18.2 Å². The molecule has 0 unspecified atom stereocenters. The molecule has 0 aromatic heterocycles. The lowest BCUT2D eigenvalue weighted by Crippen LogP contribution is -2.39. The Hall–Kier alpha value is -1.27. The molecule has 116 valence electrons. The maximum Gasteiger partial charge on any atom is 0.256 e. The smallest absolute Gasteiger partial charge is 0.256 e. The second-order valence-electron chi connectivity index (χ2n) is 5.56. The number of hydrogen-bond acceptors (Lipinski definition) is 3. The molecule has 0 saturated carbocycles. The van der Waals surface area contributed by atoms with Crippen molar-refractivity contribution in [2.24, 2.45) is 5.92 Å². The largest absolute Gasteiger partial charge is 0.338 e. The molecule has 0 radical (unpaired) electrons. The maximum absolute atomic E-state index is 12.6. The molecule has 1 heterocycles. The van der Waals surface area contributed by atoms with E-state index in [0.717, 1.165) is 19.1 Å². The lowest BCUT2D eigenvalue weighted by atomic mass is 9.99. The standard InChI is InChI=1S/C14H19ClN2O3S/c1-10-4-3-7-17(9-10)14(18)12-8-11(15)5-6-13(12)16-21(2,19)20/h5-6,8,10,16H,3-4,7,9H2,1-2H3/t10-/m1/s1. The van der Waals surface area contributed by atoms with E-state index in [1.807, 2.05) is 0 Å². The number of benzene rings is 1. The van der Waals surface area contributed by atoms with Crippen LogP contribution < -0.4 is 4.72 Å². The number of rotatable bonds is 3. The van der Waals surface area contributed by atoms with Crippen molar-refractivity contribution in [3.63, 3.8) is 0 Å². The predicted molar refractivity (Wildman–Crippen MR) is 84.2 cm³/mol. The van der Waals surface area contributed by atoms with Gasteiger partial charge in [0.05, 0.1) is 17.5 Å². The summed E-state index contributed by atoms with van der Waals surface area (Å²) in [5, 5.41) is 0.405. The molecule has 0 bridgehead atoms. The topological polar surface area (TPSA) is 66.5 Å². The van der Waals surface area contributed by atoms with E-state index in [4.69, 9.17) is 11.6 Å². The Morgan fingerprint density at radius 1 is 1.43 bits per heavy atom. The van der Waals surface area contributed by atoms with Crippen molar-refractivity contribution in [3.8, 4) is 0 Å². The molecule has 1 saturated heterocycles. The zero-order chi connectivity index (χ0) is 15.6. The Kier molecular flexibility index (Phi) is 4.78. The van der Waals surface area contributed by atoms with Crippen LogP contribution in [0.25, 0.3) is 0 Å². The van der Waals surface area contributed by atoms with Crippen LogP contribution in [0.4, 0.5) is 5.69 Å². The van der Waals surface area contributed by atoms with Gasteiger partial charge in [0.15, 0.2) is 0 Å². The van der Waals surface area contributed by atoms with Crippen LogP contribution in [-0.4, -0.2) is 38.6 Å². The van der Waals surface area contributed by atoms with E-state index in [1.54, 1.807) is 11.0 Å². The van der Waals surface area contributed by atoms with Gasteiger partial charge in [-0.2, -0.15) is 0 Å². The van der Waals surface area contributed by atoms with Crippen LogP contribution in [-0.2, 0) is 10.0 Å². The summed E-state index contributed by atoms with van der Waals surface area (Å²) in [5.74, 6) is 0.267. The lowest BCUT2D eigenvalue weighted by molar-refractivity contribution is 0.0684.